The van der Waals surface area contributed by atoms with Crippen molar-refractivity contribution in [1.29, 1.82) is 0 Å². The highest BCUT2D eigenvalue weighted by atomic mass is 16.2. The molecular formula is C7H13NO2. The number of carbonyl (C=O) groups is 2. The standard InChI is InChI=1S/C7H13NO2/c1-4-8-6(10)7(2,3)5-9/h5H,4H2,1-3H3,(H,8,10). The molecule has 0 aromatic carbocycles. The largest absolute Gasteiger partial charge is 0.356 e. The predicted octanol–water partition coefficient (Wildman–Crippen LogP) is 0.348. The van der Waals surface area contributed by atoms with Gasteiger partial charge in [0.25, 0.3) is 0 Å². The SMILES string of the molecule is CCNC(=O)C(C)(C)C=O. The molecule has 0 fully saturated rings. The minimum atomic E-state index is -0.879. The normalized spacial score (nSPS) is 10.7. The Morgan fingerprint density at radius 3 is 2.40 bits per heavy atom. The third kappa shape index (κ3) is 2.17. The molecule has 0 aliphatic heterocycles. The van der Waals surface area contributed by atoms with Crippen molar-refractivity contribution in [1.82, 2.24) is 5.32 Å². The van der Waals surface area contributed by atoms with E-state index in [2.05, 4.69) is 5.32 Å². The summed E-state index contributed by atoms with van der Waals surface area (Å²) in [7, 11) is 0. The van der Waals surface area contributed by atoms with Crippen molar-refractivity contribution in [3.63, 3.8) is 0 Å². The second kappa shape index (κ2) is 3.34. The first-order chi connectivity index (χ1) is 4.54. The molecule has 0 aromatic heterocycles. The van der Waals surface area contributed by atoms with Crippen LogP contribution in [0.3, 0.4) is 0 Å². The van der Waals surface area contributed by atoms with Crippen LogP contribution in [0.15, 0.2) is 0 Å². The lowest BCUT2D eigenvalue weighted by atomic mass is 9.95. The first-order valence-corrected chi connectivity index (χ1v) is 3.29. The molecule has 10 heavy (non-hydrogen) atoms. The van der Waals surface area contributed by atoms with Gasteiger partial charge >= 0.3 is 0 Å². The lowest BCUT2D eigenvalue weighted by molar-refractivity contribution is -0.134. The molecule has 3 heteroatoms. The third-order valence-corrected chi connectivity index (χ3v) is 1.22. The first kappa shape index (κ1) is 9.14. The lowest BCUT2D eigenvalue weighted by Crippen LogP contribution is -2.37. The highest BCUT2D eigenvalue weighted by molar-refractivity contribution is 5.95. The molecule has 0 bridgehead atoms. The van der Waals surface area contributed by atoms with Crippen LogP contribution in [0.4, 0.5) is 0 Å². The van der Waals surface area contributed by atoms with E-state index in [9.17, 15) is 9.59 Å². The summed E-state index contributed by atoms with van der Waals surface area (Å²) in [5, 5.41) is 2.57. The van der Waals surface area contributed by atoms with Crippen LogP contribution in [0.25, 0.3) is 0 Å². The number of rotatable bonds is 3. The summed E-state index contributed by atoms with van der Waals surface area (Å²) < 4.78 is 0. The second-order valence-corrected chi connectivity index (χ2v) is 2.70. The summed E-state index contributed by atoms with van der Waals surface area (Å²) >= 11 is 0. The number of nitrogens with one attached hydrogen (secondary N) is 1. The summed E-state index contributed by atoms with van der Waals surface area (Å²) in [6, 6.07) is 0. The summed E-state index contributed by atoms with van der Waals surface area (Å²) in [6.45, 7) is 5.56. The minimum absolute atomic E-state index is 0.218. The Morgan fingerprint density at radius 2 is 2.10 bits per heavy atom. The van der Waals surface area contributed by atoms with Crippen LogP contribution in [0.1, 0.15) is 20.8 Å². The number of hydrogen-bond donors (Lipinski definition) is 1. The van der Waals surface area contributed by atoms with Crippen LogP contribution < -0.4 is 5.32 Å². The van der Waals surface area contributed by atoms with Crippen LogP contribution >= 0.6 is 0 Å². The first-order valence-electron chi connectivity index (χ1n) is 3.29. The second-order valence-electron chi connectivity index (χ2n) is 2.70. The van der Waals surface area contributed by atoms with Gasteiger partial charge in [0.05, 0.1) is 5.41 Å². The molecule has 1 N–H and O–H groups in total. The van der Waals surface area contributed by atoms with E-state index in [1.807, 2.05) is 6.92 Å². The van der Waals surface area contributed by atoms with Crippen LogP contribution in [-0.2, 0) is 9.59 Å². The van der Waals surface area contributed by atoms with Crippen molar-refractivity contribution in [3.8, 4) is 0 Å². The van der Waals surface area contributed by atoms with Crippen molar-refractivity contribution in [3.05, 3.63) is 0 Å². The monoisotopic (exact) mass is 143 g/mol. The van der Waals surface area contributed by atoms with E-state index in [1.165, 1.54) is 0 Å². The van der Waals surface area contributed by atoms with Gasteiger partial charge in [-0.3, -0.25) is 4.79 Å². The molecule has 0 rings (SSSR count). The Hall–Kier alpha value is -0.860. The molecule has 0 saturated carbocycles. The zero-order valence-electron chi connectivity index (χ0n) is 6.60. The Kier molecular flexibility index (Phi) is 3.06. The van der Waals surface area contributed by atoms with E-state index < -0.39 is 5.41 Å². The average molecular weight is 143 g/mol. The molecule has 0 aromatic rings. The number of carbonyl (C=O) groups excluding carboxylic acids is 2. The fraction of sp³-hybridized carbons (Fsp3) is 0.714. The van der Waals surface area contributed by atoms with Crippen molar-refractivity contribution < 1.29 is 9.59 Å². The molecule has 0 heterocycles. The number of amides is 1. The van der Waals surface area contributed by atoms with E-state index in [4.69, 9.17) is 0 Å². The topological polar surface area (TPSA) is 46.2 Å². The summed E-state index contributed by atoms with van der Waals surface area (Å²) in [5.41, 5.74) is -0.879. The smallest absolute Gasteiger partial charge is 0.232 e. The van der Waals surface area contributed by atoms with Gasteiger partial charge in [0.1, 0.15) is 6.29 Å². The van der Waals surface area contributed by atoms with E-state index in [0.717, 1.165) is 0 Å². The van der Waals surface area contributed by atoms with Gasteiger partial charge in [0.15, 0.2) is 0 Å². The molecule has 0 radical (unpaired) electrons. The Morgan fingerprint density at radius 1 is 1.60 bits per heavy atom. The molecule has 0 unspecified atom stereocenters. The van der Waals surface area contributed by atoms with Crippen molar-refractivity contribution in [2.45, 2.75) is 20.8 Å². The quantitative estimate of drug-likeness (QED) is 0.457. The zero-order valence-corrected chi connectivity index (χ0v) is 6.60. The van der Waals surface area contributed by atoms with Crippen LogP contribution in [0.5, 0.6) is 0 Å². The fourth-order valence-electron chi connectivity index (χ4n) is 0.442. The maximum Gasteiger partial charge on any atom is 0.232 e. The lowest BCUT2D eigenvalue weighted by Gasteiger charge is -2.14. The number of hydrogen-bond acceptors (Lipinski definition) is 2. The van der Waals surface area contributed by atoms with Gasteiger partial charge < -0.3 is 10.1 Å². The summed E-state index contributed by atoms with van der Waals surface area (Å²) in [5.74, 6) is -0.218. The molecule has 0 aliphatic rings. The maximum atomic E-state index is 11.0. The molecule has 0 spiro atoms. The molecule has 58 valence electrons. The van der Waals surface area contributed by atoms with Crippen molar-refractivity contribution >= 4 is 12.2 Å². The fourth-order valence-corrected chi connectivity index (χ4v) is 0.442. The molecule has 0 atom stereocenters. The van der Waals surface area contributed by atoms with E-state index >= 15 is 0 Å². The van der Waals surface area contributed by atoms with Crippen LogP contribution in [0, 0.1) is 5.41 Å². The van der Waals surface area contributed by atoms with E-state index in [-0.39, 0.29) is 5.91 Å². The minimum Gasteiger partial charge on any atom is -0.356 e. The van der Waals surface area contributed by atoms with E-state index in [1.54, 1.807) is 13.8 Å². The van der Waals surface area contributed by atoms with Gasteiger partial charge in [-0.15, -0.1) is 0 Å². The molecule has 1 amide bonds. The van der Waals surface area contributed by atoms with Gasteiger partial charge in [-0.25, -0.2) is 0 Å². The highest BCUT2D eigenvalue weighted by Gasteiger charge is 2.25. The van der Waals surface area contributed by atoms with Gasteiger partial charge in [-0.2, -0.15) is 0 Å². The Balaban J connectivity index is 4.04. The summed E-state index contributed by atoms with van der Waals surface area (Å²) in [6.07, 6.45) is 0.651. The van der Waals surface area contributed by atoms with Gasteiger partial charge in [-0.1, -0.05) is 0 Å². The predicted molar refractivity (Wildman–Crippen MR) is 38.5 cm³/mol. The highest BCUT2D eigenvalue weighted by Crippen LogP contribution is 2.09. The van der Waals surface area contributed by atoms with E-state index in [0.29, 0.717) is 12.8 Å². The average Bonchev–Trinajstić information content (AvgIpc) is 1.89. The van der Waals surface area contributed by atoms with Gasteiger partial charge in [0.2, 0.25) is 5.91 Å². The van der Waals surface area contributed by atoms with Crippen LogP contribution in [0.2, 0.25) is 0 Å². The van der Waals surface area contributed by atoms with Gasteiger partial charge in [0, 0.05) is 6.54 Å². The Labute approximate surface area is 60.8 Å². The molecule has 3 nitrogen and oxygen atoms in total. The van der Waals surface area contributed by atoms with Crippen molar-refractivity contribution in [2.24, 2.45) is 5.41 Å². The van der Waals surface area contributed by atoms with Gasteiger partial charge in [-0.05, 0) is 20.8 Å². The number of aldehydes is 1. The third-order valence-electron chi connectivity index (χ3n) is 1.22. The molecule has 0 aliphatic carbocycles. The zero-order chi connectivity index (χ0) is 8.20. The van der Waals surface area contributed by atoms with Crippen molar-refractivity contribution in [2.75, 3.05) is 6.54 Å². The van der Waals surface area contributed by atoms with Crippen LogP contribution in [-0.4, -0.2) is 18.7 Å². The molecule has 0 saturated heterocycles. The maximum absolute atomic E-state index is 11.0. The summed E-state index contributed by atoms with van der Waals surface area (Å²) in [4.78, 5) is 21.2. The molecular weight excluding hydrogens is 130 g/mol. The Bertz CT molecular complexity index is 141.